The maximum atomic E-state index is 11.2. The Hall–Kier alpha value is -1.85. The van der Waals surface area contributed by atoms with E-state index in [9.17, 15) is 9.59 Å². The normalized spacial score (nSPS) is 16.2. The summed E-state index contributed by atoms with van der Waals surface area (Å²) in [6.07, 6.45) is 3.45. The van der Waals surface area contributed by atoms with Gasteiger partial charge in [0.05, 0.1) is 6.54 Å². The van der Waals surface area contributed by atoms with Crippen molar-refractivity contribution < 1.29 is 9.59 Å². The van der Waals surface area contributed by atoms with E-state index in [1.165, 1.54) is 4.90 Å². The quantitative estimate of drug-likeness (QED) is 0.644. The highest BCUT2D eigenvalue weighted by atomic mass is 16.2. The zero-order valence-electron chi connectivity index (χ0n) is 7.73. The first-order chi connectivity index (χ1) is 6.66. The number of carbonyl (C=O) groups excluding carboxylic acids is 2. The molecule has 0 radical (unpaired) electrons. The molecule has 0 unspecified atom stereocenters. The molecule has 1 N–H and O–H groups in total. The minimum atomic E-state index is -0.349. The average Bonchev–Trinajstić information content (AvgIpc) is 2.62. The minimum Gasteiger partial charge on any atom is -0.337 e. The molecule has 14 heavy (non-hydrogen) atoms. The van der Waals surface area contributed by atoms with Gasteiger partial charge in [-0.25, -0.2) is 9.78 Å². The van der Waals surface area contributed by atoms with E-state index in [1.807, 2.05) is 11.6 Å². The number of imide groups is 1. The molecule has 1 fully saturated rings. The van der Waals surface area contributed by atoms with Crippen LogP contribution in [0.25, 0.3) is 0 Å². The van der Waals surface area contributed by atoms with Crippen LogP contribution in [-0.2, 0) is 18.4 Å². The van der Waals surface area contributed by atoms with Gasteiger partial charge in [-0.2, -0.15) is 0 Å². The van der Waals surface area contributed by atoms with Crippen LogP contribution in [0, 0.1) is 0 Å². The standard InChI is InChI=1S/C8H10N4O2/c1-11-3-2-9-6(11)4-12-5-7(13)10-8(12)14/h2-3H,4-5H2,1H3,(H,10,13,14). The first-order valence-electron chi connectivity index (χ1n) is 4.22. The van der Waals surface area contributed by atoms with Gasteiger partial charge in [-0.1, -0.05) is 0 Å². The third-order valence-corrected chi connectivity index (χ3v) is 2.12. The van der Waals surface area contributed by atoms with Crippen molar-refractivity contribution in [2.45, 2.75) is 6.54 Å². The Morgan fingerprint density at radius 2 is 2.36 bits per heavy atom. The van der Waals surface area contributed by atoms with Crippen molar-refractivity contribution in [3.63, 3.8) is 0 Å². The lowest BCUT2D eigenvalue weighted by Crippen LogP contribution is -2.28. The van der Waals surface area contributed by atoms with E-state index in [0.717, 1.165) is 5.82 Å². The van der Waals surface area contributed by atoms with Crippen LogP contribution in [0.1, 0.15) is 5.82 Å². The Morgan fingerprint density at radius 1 is 1.57 bits per heavy atom. The molecule has 0 aliphatic carbocycles. The number of imidazole rings is 1. The van der Waals surface area contributed by atoms with Crippen molar-refractivity contribution in [3.8, 4) is 0 Å². The zero-order chi connectivity index (χ0) is 10.1. The van der Waals surface area contributed by atoms with E-state index in [1.54, 1.807) is 12.4 Å². The van der Waals surface area contributed by atoms with Crippen molar-refractivity contribution >= 4 is 11.9 Å². The van der Waals surface area contributed by atoms with Gasteiger partial charge in [-0.05, 0) is 0 Å². The molecule has 1 aromatic rings. The van der Waals surface area contributed by atoms with E-state index in [4.69, 9.17) is 0 Å². The number of amides is 3. The topological polar surface area (TPSA) is 67.2 Å². The molecule has 6 heteroatoms. The fourth-order valence-electron chi connectivity index (χ4n) is 1.33. The van der Waals surface area contributed by atoms with Crippen LogP contribution in [0.15, 0.2) is 12.4 Å². The summed E-state index contributed by atoms with van der Waals surface area (Å²) >= 11 is 0. The van der Waals surface area contributed by atoms with Crippen LogP contribution in [0.3, 0.4) is 0 Å². The smallest absolute Gasteiger partial charge is 0.324 e. The van der Waals surface area contributed by atoms with Crippen LogP contribution in [0.5, 0.6) is 0 Å². The number of carbonyl (C=O) groups is 2. The van der Waals surface area contributed by atoms with Gasteiger partial charge in [0.15, 0.2) is 0 Å². The number of aryl methyl sites for hydroxylation is 1. The molecular formula is C8H10N4O2. The molecule has 0 atom stereocenters. The minimum absolute atomic E-state index is 0.117. The predicted molar refractivity (Wildman–Crippen MR) is 47.2 cm³/mol. The Kier molecular flexibility index (Phi) is 1.95. The third kappa shape index (κ3) is 1.46. The van der Waals surface area contributed by atoms with Crippen LogP contribution >= 0.6 is 0 Å². The number of hydrogen-bond donors (Lipinski definition) is 1. The Labute approximate surface area is 80.5 Å². The molecule has 1 aromatic heterocycles. The molecule has 0 spiro atoms. The summed E-state index contributed by atoms with van der Waals surface area (Å²) in [6, 6.07) is -0.349. The van der Waals surface area contributed by atoms with Crippen LogP contribution < -0.4 is 5.32 Å². The summed E-state index contributed by atoms with van der Waals surface area (Å²) in [7, 11) is 1.85. The van der Waals surface area contributed by atoms with E-state index in [2.05, 4.69) is 10.3 Å². The molecule has 1 aliphatic rings. The van der Waals surface area contributed by atoms with E-state index >= 15 is 0 Å². The molecule has 2 heterocycles. The Bertz CT molecular complexity index is 384. The lowest BCUT2D eigenvalue weighted by Gasteiger charge is -2.11. The molecule has 3 amide bonds. The third-order valence-electron chi connectivity index (χ3n) is 2.12. The van der Waals surface area contributed by atoms with Crippen LogP contribution in [-0.4, -0.2) is 32.9 Å². The summed E-state index contributed by atoms with van der Waals surface area (Å²) in [5.74, 6) is 0.499. The van der Waals surface area contributed by atoms with Gasteiger partial charge in [0.25, 0.3) is 0 Å². The monoisotopic (exact) mass is 194 g/mol. The lowest BCUT2D eigenvalue weighted by molar-refractivity contribution is -0.118. The van der Waals surface area contributed by atoms with Gasteiger partial charge in [-0.15, -0.1) is 0 Å². The molecular weight excluding hydrogens is 184 g/mol. The first-order valence-corrected chi connectivity index (χ1v) is 4.22. The maximum absolute atomic E-state index is 11.2. The molecule has 0 saturated carbocycles. The van der Waals surface area contributed by atoms with Crippen molar-refractivity contribution in [2.75, 3.05) is 6.54 Å². The second-order valence-corrected chi connectivity index (χ2v) is 3.16. The van der Waals surface area contributed by atoms with E-state index < -0.39 is 0 Å². The molecule has 74 valence electrons. The summed E-state index contributed by atoms with van der Waals surface area (Å²) in [5.41, 5.74) is 0. The summed E-state index contributed by atoms with van der Waals surface area (Å²) in [6.45, 7) is 0.479. The van der Waals surface area contributed by atoms with Crippen LogP contribution in [0.2, 0.25) is 0 Å². The molecule has 1 saturated heterocycles. The molecule has 1 aliphatic heterocycles. The molecule has 2 rings (SSSR count). The van der Waals surface area contributed by atoms with E-state index in [-0.39, 0.29) is 18.5 Å². The van der Waals surface area contributed by atoms with Gasteiger partial charge >= 0.3 is 6.03 Å². The fraction of sp³-hybridized carbons (Fsp3) is 0.375. The first kappa shape index (κ1) is 8.74. The highest BCUT2D eigenvalue weighted by Gasteiger charge is 2.27. The summed E-state index contributed by atoms with van der Waals surface area (Å²) in [4.78, 5) is 27.5. The number of rotatable bonds is 2. The molecule has 0 aromatic carbocycles. The van der Waals surface area contributed by atoms with Gasteiger partial charge in [0.1, 0.15) is 12.4 Å². The zero-order valence-corrected chi connectivity index (χ0v) is 7.73. The number of nitrogens with one attached hydrogen (secondary N) is 1. The van der Waals surface area contributed by atoms with Gasteiger partial charge < -0.3 is 9.47 Å². The molecule has 0 bridgehead atoms. The number of nitrogens with zero attached hydrogens (tertiary/aromatic N) is 3. The van der Waals surface area contributed by atoms with Crippen LogP contribution in [0.4, 0.5) is 4.79 Å². The van der Waals surface area contributed by atoms with Gasteiger partial charge in [0, 0.05) is 19.4 Å². The second-order valence-electron chi connectivity index (χ2n) is 3.16. The SMILES string of the molecule is Cn1ccnc1CN1CC(=O)NC1=O. The van der Waals surface area contributed by atoms with Crippen molar-refractivity contribution in [1.82, 2.24) is 19.8 Å². The largest absolute Gasteiger partial charge is 0.337 e. The summed E-state index contributed by atoms with van der Waals surface area (Å²) < 4.78 is 1.82. The van der Waals surface area contributed by atoms with Gasteiger partial charge in [0.2, 0.25) is 5.91 Å². The van der Waals surface area contributed by atoms with Crippen molar-refractivity contribution in [2.24, 2.45) is 7.05 Å². The second kappa shape index (κ2) is 3.13. The maximum Gasteiger partial charge on any atom is 0.324 e. The number of urea groups is 1. The summed E-state index contributed by atoms with van der Waals surface area (Å²) in [5, 5.41) is 2.21. The molecule has 6 nitrogen and oxygen atoms in total. The van der Waals surface area contributed by atoms with Crippen molar-refractivity contribution in [1.29, 1.82) is 0 Å². The van der Waals surface area contributed by atoms with Gasteiger partial charge in [-0.3, -0.25) is 10.1 Å². The van der Waals surface area contributed by atoms with Crippen molar-refractivity contribution in [3.05, 3.63) is 18.2 Å². The Balaban J connectivity index is 2.09. The lowest BCUT2D eigenvalue weighted by atomic mass is 10.5. The predicted octanol–water partition coefficient (Wildman–Crippen LogP) is -0.528. The van der Waals surface area contributed by atoms with E-state index in [0.29, 0.717) is 6.54 Å². The number of aromatic nitrogens is 2. The highest BCUT2D eigenvalue weighted by molar-refractivity contribution is 6.01. The fourth-order valence-corrected chi connectivity index (χ4v) is 1.33. The number of hydrogen-bond acceptors (Lipinski definition) is 3. The highest BCUT2D eigenvalue weighted by Crippen LogP contribution is 2.05. The Morgan fingerprint density at radius 3 is 2.86 bits per heavy atom. The average molecular weight is 194 g/mol.